The molecule has 1 saturated heterocycles. The maximum Gasteiger partial charge on any atom is 0.241 e. The summed E-state index contributed by atoms with van der Waals surface area (Å²) < 4.78 is 5.32. The van der Waals surface area contributed by atoms with E-state index in [1.165, 1.54) is 6.33 Å². The van der Waals surface area contributed by atoms with E-state index in [1.54, 1.807) is 19.4 Å². The molecular weight excluding hydrogens is 256 g/mol. The number of hydrogen-bond donors (Lipinski definition) is 2. The molecule has 0 aliphatic carbocycles. The fraction of sp³-hybridized carbons (Fsp3) is 0.357. The Hall–Kier alpha value is -2.21. The first kappa shape index (κ1) is 12.8. The summed E-state index contributed by atoms with van der Waals surface area (Å²) in [7, 11) is 1.58. The molecule has 1 aromatic heterocycles. The highest BCUT2D eigenvalue weighted by Gasteiger charge is 2.22. The highest BCUT2D eigenvalue weighted by molar-refractivity contribution is 5.98. The number of fused-ring (bicyclic) bond motifs is 1. The summed E-state index contributed by atoms with van der Waals surface area (Å²) >= 11 is 0. The molecule has 0 bridgehead atoms. The molecule has 1 unspecified atom stereocenters. The number of amides is 1. The Kier molecular flexibility index (Phi) is 3.47. The van der Waals surface area contributed by atoms with Gasteiger partial charge in [-0.2, -0.15) is 0 Å². The number of aromatic nitrogens is 2. The maximum atomic E-state index is 12.2. The molecule has 0 saturated carbocycles. The van der Waals surface area contributed by atoms with Crippen molar-refractivity contribution in [2.75, 3.05) is 19.0 Å². The van der Waals surface area contributed by atoms with Crippen molar-refractivity contribution in [2.45, 2.75) is 18.9 Å². The van der Waals surface area contributed by atoms with Gasteiger partial charge in [0.05, 0.1) is 24.4 Å². The number of anilines is 1. The Morgan fingerprint density at radius 3 is 3.15 bits per heavy atom. The molecule has 3 rings (SSSR count). The molecule has 0 spiro atoms. The van der Waals surface area contributed by atoms with Gasteiger partial charge in [-0.3, -0.25) is 4.79 Å². The van der Waals surface area contributed by atoms with Gasteiger partial charge in [-0.1, -0.05) is 0 Å². The predicted molar refractivity (Wildman–Crippen MR) is 75.7 cm³/mol. The van der Waals surface area contributed by atoms with Crippen molar-refractivity contribution in [3.63, 3.8) is 0 Å². The summed E-state index contributed by atoms with van der Waals surface area (Å²) in [5.74, 6) is 0.569. The second-order valence-corrected chi connectivity index (χ2v) is 4.77. The van der Waals surface area contributed by atoms with E-state index >= 15 is 0 Å². The van der Waals surface area contributed by atoms with Crippen LogP contribution in [0.1, 0.15) is 12.8 Å². The lowest BCUT2D eigenvalue weighted by Gasteiger charge is -2.14. The molecule has 1 aromatic carbocycles. The van der Waals surface area contributed by atoms with Gasteiger partial charge in [-0.15, -0.1) is 0 Å². The van der Waals surface area contributed by atoms with Crippen molar-refractivity contribution >= 4 is 22.5 Å². The fourth-order valence-corrected chi connectivity index (χ4v) is 2.40. The molecule has 6 nitrogen and oxygen atoms in total. The molecule has 1 atom stereocenters. The Bertz CT molecular complexity index is 638. The van der Waals surface area contributed by atoms with Crippen LogP contribution in [0.4, 0.5) is 5.69 Å². The van der Waals surface area contributed by atoms with E-state index < -0.39 is 0 Å². The normalized spacial score (nSPS) is 18.1. The molecule has 104 valence electrons. The van der Waals surface area contributed by atoms with Gasteiger partial charge in [0.2, 0.25) is 5.91 Å². The van der Waals surface area contributed by atoms with Crippen LogP contribution in [0.15, 0.2) is 24.7 Å². The van der Waals surface area contributed by atoms with Gasteiger partial charge < -0.3 is 15.4 Å². The minimum Gasteiger partial charge on any atom is -0.494 e. The topological polar surface area (TPSA) is 76.1 Å². The zero-order chi connectivity index (χ0) is 13.9. The van der Waals surface area contributed by atoms with Crippen LogP contribution >= 0.6 is 0 Å². The third-order valence-corrected chi connectivity index (χ3v) is 3.46. The molecule has 1 aliphatic rings. The van der Waals surface area contributed by atoms with E-state index in [2.05, 4.69) is 20.6 Å². The first-order chi connectivity index (χ1) is 9.78. The zero-order valence-electron chi connectivity index (χ0n) is 11.2. The Morgan fingerprint density at radius 2 is 2.40 bits per heavy atom. The summed E-state index contributed by atoms with van der Waals surface area (Å²) in [6, 6.07) is 3.51. The summed E-state index contributed by atoms with van der Waals surface area (Å²) in [6.07, 6.45) is 5.10. The van der Waals surface area contributed by atoms with Crippen LogP contribution in [-0.4, -0.2) is 35.6 Å². The van der Waals surface area contributed by atoms with E-state index in [-0.39, 0.29) is 11.9 Å². The molecule has 1 amide bonds. The van der Waals surface area contributed by atoms with Crippen molar-refractivity contribution in [3.8, 4) is 5.75 Å². The summed E-state index contributed by atoms with van der Waals surface area (Å²) in [4.78, 5) is 20.3. The average molecular weight is 272 g/mol. The predicted octanol–water partition coefficient (Wildman–Crippen LogP) is 1.33. The lowest BCUT2D eigenvalue weighted by atomic mass is 10.1. The number of nitrogens with one attached hydrogen (secondary N) is 2. The van der Waals surface area contributed by atoms with Gasteiger partial charge in [0, 0.05) is 17.6 Å². The van der Waals surface area contributed by atoms with Crippen LogP contribution in [0.3, 0.4) is 0 Å². The number of carbonyl (C=O) groups is 1. The number of benzene rings is 1. The molecule has 6 heteroatoms. The number of methoxy groups -OCH3 is 1. The SMILES string of the molecule is COc1cc2ncncc2cc1NC(=O)C1CCCN1. The molecule has 2 heterocycles. The van der Waals surface area contributed by atoms with Crippen LogP contribution in [-0.2, 0) is 4.79 Å². The number of nitrogens with zero attached hydrogens (tertiary/aromatic N) is 2. The lowest BCUT2D eigenvalue weighted by Crippen LogP contribution is -2.35. The highest BCUT2D eigenvalue weighted by atomic mass is 16.5. The Labute approximate surface area is 116 Å². The van der Waals surface area contributed by atoms with Crippen molar-refractivity contribution in [1.29, 1.82) is 0 Å². The van der Waals surface area contributed by atoms with Gasteiger partial charge in [-0.05, 0) is 25.5 Å². The fourth-order valence-electron chi connectivity index (χ4n) is 2.40. The minimum absolute atomic E-state index is 0.0306. The van der Waals surface area contributed by atoms with Gasteiger partial charge in [0.15, 0.2) is 0 Å². The van der Waals surface area contributed by atoms with E-state index in [0.29, 0.717) is 11.4 Å². The van der Waals surface area contributed by atoms with Crippen molar-refractivity contribution < 1.29 is 9.53 Å². The van der Waals surface area contributed by atoms with E-state index in [4.69, 9.17) is 4.74 Å². The van der Waals surface area contributed by atoms with Gasteiger partial charge >= 0.3 is 0 Å². The third kappa shape index (κ3) is 2.42. The zero-order valence-corrected chi connectivity index (χ0v) is 11.2. The third-order valence-electron chi connectivity index (χ3n) is 3.46. The highest BCUT2D eigenvalue weighted by Crippen LogP contribution is 2.29. The molecule has 0 radical (unpaired) electrons. The molecule has 1 fully saturated rings. The first-order valence-corrected chi connectivity index (χ1v) is 6.60. The number of hydrogen-bond acceptors (Lipinski definition) is 5. The lowest BCUT2D eigenvalue weighted by molar-refractivity contribution is -0.117. The first-order valence-electron chi connectivity index (χ1n) is 6.60. The van der Waals surface area contributed by atoms with Gasteiger partial charge in [0.1, 0.15) is 12.1 Å². The van der Waals surface area contributed by atoms with E-state index in [9.17, 15) is 4.79 Å². The van der Waals surface area contributed by atoms with E-state index in [1.807, 2.05) is 6.07 Å². The molecule has 20 heavy (non-hydrogen) atoms. The molecular formula is C14H16N4O2. The Morgan fingerprint density at radius 1 is 1.50 bits per heavy atom. The Balaban J connectivity index is 1.91. The molecule has 1 aliphatic heterocycles. The smallest absolute Gasteiger partial charge is 0.241 e. The summed E-state index contributed by atoms with van der Waals surface area (Å²) in [5, 5.41) is 6.95. The summed E-state index contributed by atoms with van der Waals surface area (Å²) in [6.45, 7) is 0.890. The van der Waals surface area contributed by atoms with Crippen molar-refractivity contribution in [2.24, 2.45) is 0 Å². The molecule has 2 N–H and O–H groups in total. The van der Waals surface area contributed by atoms with Gasteiger partial charge in [-0.25, -0.2) is 9.97 Å². The van der Waals surface area contributed by atoms with Gasteiger partial charge in [0.25, 0.3) is 0 Å². The number of rotatable bonds is 3. The van der Waals surface area contributed by atoms with E-state index in [0.717, 1.165) is 30.3 Å². The largest absolute Gasteiger partial charge is 0.494 e. The minimum atomic E-state index is -0.123. The number of ether oxygens (including phenoxy) is 1. The second kappa shape index (κ2) is 5.42. The monoisotopic (exact) mass is 272 g/mol. The second-order valence-electron chi connectivity index (χ2n) is 4.77. The van der Waals surface area contributed by atoms with Crippen molar-refractivity contribution in [3.05, 3.63) is 24.7 Å². The average Bonchev–Trinajstić information content (AvgIpc) is 3.01. The molecule has 2 aromatic rings. The standard InChI is InChI=1S/C14H16N4O2/c1-20-13-6-11-9(7-15-8-17-11)5-12(13)18-14(19)10-3-2-4-16-10/h5-8,10,16H,2-4H2,1H3,(H,18,19). The van der Waals surface area contributed by atoms with Crippen LogP contribution in [0.25, 0.3) is 10.9 Å². The van der Waals surface area contributed by atoms with Crippen LogP contribution in [0.5, 0.6) is 5.75 Å². The number of carbonyl (C=O) groups excluding carboxylic acids is 1. The van der Waals surface area contributed by atoms with Crippen LogP contribution in [0.2, 0.25) is 0 Å². The maximum absolute atomic E-state index is 12.2. The summed E-state index contributed by atoms with van der Waals surface area (Å²) in [5.41, 5.74) is 1.43. The quantitative estimate of drug-likeness (QED) is 0.881. The van der Waals surface area contributed by atoms with Crippen molar-refractivity contribution in [1.82, 2.24) is 15.3 Å². The van der Waals surface area contributed by atoms with Crippen LogP contribution < -0.4 is 15.4 Å². The van der Waals surface area contributed by atoms with Crippen LogP contribution in [0, 0.1) is 0 Å².